The zero-order valence-electron chi connectivity index (χ0n) is 16.5. The Bertz CT molecular complexity index is 923. The molecule has 28 heavy (non-hydrogen) atoms. The van der Waals surface area contributed by atoms with E-state index in [1.165, 1.54) is 12.8 Å². The lowest BCUT2D eigenvalue weighted by Crippen LogP contribution is -2.27. The summed E-state index contributed by atoms with van der Waals surface area (Å²) in [5.41, 5.74) is 2.88. The van der Waals surface area contributed by atoms with Crippen molar-refractivity contribution in [2.24, 2.45) is 0 Å². The Morgan fingerprint density at radius 2 is 1.93 bits per heavy atom. The summed E-state index contributed by atoms with van der Waals surface area (Å²) < 4.78 is 7.37. The minimum absolute atomic E-state index is 0.0375. The number of hydrogen-bond acceptors (Lipinski definition) is 4. The topological polar surface area (TPSA) is 56.2 Å². The van der Waals surface area contributed by atoms with Gasteiger partial charge in [0.15, 0.2) is 5.16 Å². The van der Waals surface area contributed by atoms with Crippen LogP contribution < -0.4 is 10.1 Å². The molecule has 0 aliphatic carbocycles. The summed E-state index contributed by atoms with van der Waals surface area (Å²) in [6, 6.07) is 15.7. The van der Waals surface area contributed by atoms with Crippen molar-refractivity contribution in [3.05, 3.63) is 54.1 Å². The molecular formula is C22H27N3O2S. The van der Waals surface area contributed by atoms with E-state index < -0.39 is 0 Å². The molecule has 0 saturated carbocycles. The maximum Gasteiger partial charge on any atom is 0.240 e. The highest BCUT2D eigenvalue weighted by molar-refractivity contribution is 7.99. The van der Waals surface area contributed by atoms with Gasteiger partial charge in [-0.25, -0.2) is 4.98 Å². The third kappa shape index (κ3) is 5.07. The molecule has 0 fully saturated rings. The Morgan fingerprint density at radius 3 is 2.75 bits per heavy atom. The number of aromatic nitrogens is 2. The molecule has 5 nitrogen and oxygen atoms in total. The van der Waals surface area contributed by atoms with Crippen LogP contribution in [0, 0.1) is 0 Å². The van der Waals surface area contributed by atoms with E-state index in [1.54, 1.807) is 18.9 Å². The summed E-state index contributed by atoms with van der Waals surface area (Å²) in [5.74, 6) is 1.76. The van der Waals surface area contributed by atoms with Gasteiger partial charge in [0.2, 0.25) is 5.91 Å². The summed E-state index contributed by atoms with van der Waals surface area (Å²) in [5, 5.41) is 3.91. The van der Waals surface area contributed by atoms with E-state index in [-0.39, 0.29) is 12.5 Å². The first-order chi connectivity index (χ1) is 13.7. The van der Waals surface area contributed by atoms with Crippen LogP contribution >= 0.6 is 11.8 Å². The number of carbonyl (C=O) groups is 1. The lowest BCUT2D eigenvalue weighted by Gasteiger charge is -2.11. The second-order valence-electron chi connectivity index (χ2n) is 6.61. The van der Waals surface area contributed by atoms with E-state index in [4.69, 9.17) is 9.72 Å². The summed E-state index contributed by atoms with van der Waals surface area (Å²) >= 11 is 1.73. The number of rotatable bonds is 10. The quantitative estimate of drug-likeness (QED) is 0.400. The summed E-state index contributed by atoms with van der Waals surface area (Å²) in [6.07, 6.45) is 3.57. The molecule has 1 N–H and O–H groups in total. The Kier molecular flexibility index (Phi) is 7.37. The van der Waals surface area contributed by atoms with Crippen molar-refractivity contribution in [2.75, 3.05) is 12.9 Å². The molecule has 0 radical (unpaired) electrons. The van der Waals surface area contributed by atoms with Crippen LogP contribution in [0.5, 0.6) is 5.75 Å². The molecule has 148 valence electrons. The standard InChI is InChI=1S/C22H27N3O2S/c1-3-4-9-14-28-22-24-18-11-6-7-12-19(18)25(22)16-21(26)23-15-17-10-5-8-13-20(17)27-2/h5-8,10-13H,3-4,9,14-16H2,1-2H3,(H,23,26). The second kappa shape index (κ2) is 10.2. The van der Waals surface area contributed by atoms with Crippen LogP contribution in [0.25, 0.3) is 11.0 Å². The predicted octanol–water partition coefficient (Wildman–Crippen LogP) is 4.64. The lowest BCUT2D eigenvalue weighted by atomic mass is 10.2. The van der Waals surface area contributed by atoms with Gasteiger partial charge < -0.3 is 14.6 Å². The first-order valence-electron chi connectivity index (χ1n) is 9.69. The molecule has 2 aromatic carbocycles. The molecule has 6 heteroatoms. The number of ether oxygens (including phenoxy) is 1. The number of hydrogen-bond donors (Lipinski definition) is 1. The molecule has 0 aliphatic heterocycles. The molecule has 1 amide bonds. The Hall–Kier alpha value is -2.47. The van der Waals surface area contributed by atoms with Gasteiger partial charge in [0.05, 0.1) is 18.1 Å². The van der Waals surface area contributed by atoms with Crippen LogP contribution in [0.2, 0.25) is 0 Å². The number of benzene rings is 2. The minimum atomic E-state index is -0.0375. The third-order valence-electron chi connectivity index (χ3n) is 4.57. The fourth-order valence-electron chi connectivity index (χ4n) is 3.07. The molecule has 3 aromatic rings. The van der Waals surface area contributed by atoms with Crippen molar-refractivity contribution in [1.29, 1.82) is 0 Å². The van der Waals surface area contributed by atoms with Crippen molar-refractivity contribution in [2.45, 2.75) is 44.4 Å². The first-order valence-corrected chi connectivity index (χ1v) is 10.7. The fourth-order valence-corrected chi connectivity index (χ4v) is 4.09. The van der Waals surface area contributed by atoms with Crippen LogP contribution in [-0.4, -0.2) is 28.3 Å². The number of unbranched alkanes of at least 4 members (excludes halogenated alkanes) is 2. The summed E-state index contributed by atoms with van der Waals surface area (Å²) in [7, 11) is 1.64. The number of thioether (sulfide) groups is 1. The van der Waals surface area contributed by atoms with Gasteiger partial charge in [0.25, 0.3) is 0 Å². The number of nitrogens with zero attached hydrogens (tertiary/aromatic N) is 2. The maximum atomic E-state index is 12.6. The molecule has 3 rings (SSSR count). The highest BCUT2D eigenvalue weighted by atomic mass is 32.2. The van der Waals surface area contributed by atoms with Gasteiger partial charge in [-0.2, -0.15) is 0 Å². The molecule has 0 aliphatic rings. The summed E-state index contributed by atoms with van der Waals surface area (Å²) in [4.78, 5) is 17.4. The number of para-hydroxylation sites is 3. The molecule has 0 atom stereocenters. The van der Waals surface area contributed by atoms with E-state index in [9.17, 15) is 4.79 Å². The fraction of sp³-hybridized carbons (Fsp3) is 0.364. The highest BCUT2D eigenvalue weighted by Gasteiger charge is 2.14. The average molecular weight is 398 g/mol. The van der Waals surface area contributed by atoms with Gasteiger partial charge in [-0.1, -0.05) is 61.9 Å². The molecular weight excluding hydrogens is 370 g/mol. The third-order valence-corrected chi connectivity index (χ3v) is 5.63. The summed E-state index contributed by atoms with van der Waals surface area (Å²) in [6.45, 7) is 2.90. The van der Waals surface area contributed by atoms with Crippen LogP contribution in [0.3, 0.4) is 0 Å². The van der Waals surface area contributed by atoms with Crippen LogP contribution in [0.4, 0.5) is 0 Å². The van der Waals surface area contributed by atoms with Gasteiger partial charge >= 0.3 is 0 Å². The Morgan fingerprint density at radius 1 is 1.14 bits per heavy atom. The van der Waals surface area contributed by atoms with Gasteiger partial charge in [-0.05, 0) is 24.6 Å². The Balaban J connectivity index is 1.70. The highest BCUT2D eigenvalue weighted by Crippen LogP contribution is 2.25. The van der Waals surface area contributed by atoms with E-state index >= 15 is 0 Å². The average Bonchev–Trinajstić information content (AvgIpc) is 3.07. The van der Waals surface area contributed by atoms with Gasteiger partial charge in [-0.3, -0.25) is 4.79 Å². The molecule has 0 bridgehead atoms. The number of carbonyl (C=O) groups excluding carboxylic acids is 1. The van der Waals surface area contributed by atoms with Crippen molar-refractivity contribution in [3.8, 4) is 5.75 Å². The molecule has 1 aromatic heterocycles. The Labute approximate surface area is 170 Å². The molecule has 0 saturated heterocycles. The van der Waals surface area contributed by atoms with Crippen molar-refractivity contribution in [3.63, 3.8) is 0 Å². The normalized spacial score (nSPS) is 10.9. The SMILES string of the molecule is CCCCCSc1nc2ccccc2n1CC(=O)NCc1ccccc1OC. The number of imidazole rings is 1. The zero-order valence-corrected chi connectivity index (χ0v) is 17.3. The van der Waals surface area contributed by atoms with Crippen molar-refractivity contribution in [1.82, 2.24) is 14.9 Å². The van der Waals surface area contributed by atoms with Crippen molar-refractivity contribution < 1.29 is 9.53 Å². The van der Waals surface area contributed by atoms with Crippen LogP contribution in [0.1, 0.15) is 31.7 Å². The maximum absolute atomic E-state index is 12.6. The van der Waals surface area contributed by atoms with E-state index in [2.05, 4.69) is 12.2 Å². The first kappa shape index (κ1) is 20.3. The smallest absolute Gasteiger partial charge is 0.240 e. The number of fused-ring (bicyclic) bond motifs is 1. The second-order valence-corrected chi connectivity index (χ2v) is 7.68. The van der Waals surface area contributed by atoms with E-state index in [1.807, 2.05) is 53.1 Å². The molecule has 1 heterocycles. The largest absolute Gasteiger partial charge is 0.496 e. The molecule has 0 unspecified atom stereocenters. The van der Waals surface area contributed by atoms with Crippen molar-refractivity contribution >= 4 is 28.7 Å². The van der Waals surface area contributed by atoms with Gasteiger partial charge in [0, 0.05) is 17.9 Å². The number of methoxy groups -OCH3 is 1. The molecule has 0 spiro atoms. The monoisotopic (exact) mass is 397 g/mol. The minimum Gasteiger partial charge on any atom is -0.496 e. The number of nitrogens with one attached hydrogen (secondary N) is 1. The van der Waals surface area contributed by atoms with Gasteiger partial charge in [-0.15, -0.1) is 0 Å². The van der Waals surface area contributed by atoms with E-state index in [0.29, 0.717) is 6.54 Å². The van der Waals surface area contributed by atoms with Gasteiger partial charge in [0.1, 0.15) is 12.3 Å². The number of amides is 1. The van der Waals surface area contributed by atoms with Crippen LogP contribution in [-0.2, 0) is 17.9 Å². The van der Waals surface area contributed by atoms with Crippen LogP contribution in [0.15, 0.2) is 53.7 Å². The lowest BCUT2D eigenvalue weighted by molar-refractivity contribution is -0.121. The predicted molar refractivity (Wildman–Crippen MR) is 115 cm³/mol. The zero-order chi connectivity index (χ0) is 19.8. The van der Waals surface area contributed by atoms with E-state index in [0.717, 1.165) is 39.7 Å².